The van der Waals surface area contributed by atoms with Crippen molar-refractivity contribution < 1.29 is 19.1 Å². The van der Waals surface area contributed by atoms with E-state index in [4.69, 9.17) is 14.3 Å². The molecule has 0 spiro atoms. The molecule has 2 bridgehead atoms. The number of aromatic nitrogens is 1. The number of furan rings is 1. The van der Waals surface area contributed by atoms with Crippen LogP contribution >= 0.6 is 0 Å². The number of carbonyl (C=O) groups excluding carboxylic acids is 1. The summed E-state index contributed by atoms with van der Waals surface area (Å²) in [4.78, 5) is 27.9. The van der Waals surface area contributed by atoms with Gasteiger partial charge >= 0.3 is 6.03 Å². The van der Waals surface area contributed by atoms with Gasteiger partial charge in [-0.2, -0.15) is 0 Å². The molecule has 178 valence electrons. The monoisotopic (exact) mass is 464 g/mol. The van der Waals surface area contributed by atoms with Gasteiger partial charge < -0.3 is 34.4 Å². The van der Waals surface area contributed by atoms with Crippen molar-refractivity contribution in [3.63, 3.8) is 0 Å². The number of piperidine rings is 1. The fourth-order valence-electron chi connectivity index (χ4n) is 4.91. The second-order valence-electron chi connectivity index (χ2n) is 8.83. The Balaban J connectivity index is 1.27. The molecule has 2 aliphatic rings. The Morgan fingerprint density at radius 2 is 1.88 bits per heavy atom. The largest absolute Gasteiger partial charge is 0.497 e. The van der Waals surface area contributed by atoms with E-state index < -0.39 is 0 Å². The van der Waals surface area contributed by atoms with Crippen LogP contribution in [0.3, 0.4) is 0 Å². The first kappa shape index (κ1) is 22.1. The minimum absolute atomic E-state index is 0.0581. The van der Waals surface area contributed by atoms with Crippen LogP contribution in [-0.2, 0) is 19.7 Å². The van der Waals surface area contributed by atoms with E-state index in [1.165, 1.54) is 0 Å². The van der Waals surface area contributed by atoms with Crippen LogP contribution < -0.4 is 20.9 Å². The number of nitrogens with zero attached hydrogens (tertiary/aromatic N) is 2. The predicted molar refractivity (Wildman–Crippen MR) is 127 cm³/mol. The lowest BCUT2D eigenvalue weighted by molar-refractivity contribution is 0.139. The summed E-state index contributed by atoms with van der Waals surface area (Å²) in [5, 5.41) is 15.3. The van der Waals surface area contributed by atoms with E-state index in [1.54, 1.807) is 25.3 Å². The zero-order valence-corrected chi connectivity index (χ0v) is 19.0. The predicted octanol–water partition coefficient (Wildman–Crippen LogP) is 3.21. The maximum Gasteiger partial charge on any atom is 0.321 e. The molecule has 0 aliphatic carbocycles. The second kappa shape index (κ2) is 9.26. The summed E-state index contributed by atoms with van der Waals surface area (Å²) in [5.74, 6) is 2.22. The molecule has 5 rings (SSSR count). The summed E-state index contributed by atoms with van der Waals surface area (Å²) in [5.41, 5.74) is 2.14. The van der Waals surface area contributed by atoms with Gasteiger partial charge in [0.2, 0.25) is 0 Å². The summed E-state index contributed by atoms with van der Waals surface area (Å²) < 4.78 is 12.5. The van der Waals surface area contributed by atoms with Crippen molar-refractivity contribution in [2.45, 2.75) is 32.0 Å². The molecule has 3 N–H and O–H groups in total. The van der Waals surface area contributed by atoms with Gasteiger partial charge in [-0.3, -0.25) is 4.79 Å². The number of methoxy groups -OCH3 is 1. The minimum atomic E-state index is -0.153. The van der Waals surface area contributed by atoms with E-state index in [0.29, 0.717) is 43.4 Å². The van der Waals surface area contributed by atoms with Crippen LogP contribution in [0.1, 0.15) is 29.6 Å². The SMILES string of the molecule is COc1ccc(NC(=O)N2C[C@@H]3C[C@H](C2)c2ccc(NCc4ccc(CO)o4)c(=O)n2C3)cc1. The lowest BCUT2D eigenvalue weighted by Gasteiger charge is -2.42. The van der Waals surface area contributed by atoms with Crippen LogP contribution in [0.25, 0.3) is 0 Å². The van der Waals surface area contributed by atoms with Crippen molar-refractivity contribution in [1.29, 1.82) is 0 Å². The molecule has 2 atom stereocenters. The number of ether oxygens (including phenoxy) is 1. The van der Waals surface area contributed by atoms with Gasteiger partial charge in [-0.05, 0) is 60.9 Å². The topological polar surface area (TPSA) is 109 Å². The molecule has 34 heavy (non-hydrogen) atoms. The molecule has 2 aromatic heterocycles. The Labute approximate surface area is 196 Å². The van der Waals surface area contributed by atoms with Gasteiger partial charge in [0.15, 0.2) is 0 Å². The van der Waals surface area contributed by atoms with Crippen molar-refractivity contribution in [1.82, 2.24) is 9.47 Å². The van der Waals surface area contributed by atoms with Crippen molar-refractivity contribution in [2.24, 2.45) is 5.92 Å². The van der Waals surface area contributed by atoms with Crippen molar-refractivity contribution >= 4 is 17.4 Å². The third kappa shape index (κ3) is 4.38. The highest BCUT2D eigenvalue weighted by Crippen LogP contribution is 2.35. The molecule has 4 heterocycles. The van der Waals surface area contributed by atoms with Crippen molar-refractivity contribution in [3.8, 4) is 5.75 Å². The van der Waals surface area contributed by atoms with Crippen LogP contribution in [-0.4, -0.2) is 40.8 Å². The van der Waals surface area contributed by atoms with E-state index in [9.17, 15) is 9.59 Å². The zero-order chi connectivity index (χ0) is 23.7. The summed E-state index contributed by atoms with van der Waals surface area (Å²) in [6, 6.07) is 14.4. The van der Waals surface area contributed by atoms with E-state index in [1.807, 2.05) is 39.8 Å². The number of carbonyl (C=O) groups is 1. The van der Waals surface area contributed by atoms with Crippen LogP contribution in [0.15, 0.2) is 57.7 Å². The number of rotatable bonds is 6. The van der Waals surface area contributed by atoms with E-state index in [2.05, 4.69) is 10.6 Å². The molecule has 1 aromatic carbocycles. The first-order chi connectivity index (χ1) is 16.5. The molecule has 0 radical (unpaired) electrons. The highest BCUT2D eigenvalue weighted by Gasteiger charge is 2.36. The normalized spacial score (nSPS) is 18.8. The first-order valence-corrected chi connectivity index (χ1v) is 11.4. The second-order valence-corrected chi connectivity index (χ2v) is 8.83. The Kier molecular flexibility index (Phi) is 6.02. The molecule has 9 heteroatoms. The average Bonchev–Trinajstić information content (AvgIpc) is 3.32. The Bertz CT molecular complexity index is 1230. The van der Waals surface area contributed by atoms with Crippen LogP contribution in [0.2, 0.25) is 0 Å². The number of hydrogen-bond acceptors (Lipinski definition) is 6. The van der Waals surface area contributed by atoms with Gasteiger partial charge in [0, 0.05) is 36.9 Å². The molecule has 2 amide bonds. The Morgan fingerprint density at radius 1 is 1.09 bits per heavy atom. The van der Waals surface area contributed by atoms with Gasteiger partial charge in [0.05, 0.1) is 13.7 Å². The van der Waals surface area contributed by atoms with Crippen LogP contribution in [0, 0.1) is 5.92 Å². The minimum Gasteiger partial charge on any atom is -0.497 e. The Hall–Kier alpha value is -3.72. The third-order valence-corrected chi connectivity index (χ3v) is 6.56. The quantitative estimate of drug-likeness (QED) is 0.517. The fraction of sp³-hybridized carbons (Fsp3) is 0.360. The molecular weight excluding hydrogens is 436 g/mol. The molecule has 9 nitrogen and oxygen atoms in total. The number of aliphatic hydroxyl groups is 1. The summed E-state index contributed by atoms with van der Waals surface area (Å²) >= 11 is 0. The molecule has 3 aromatic rings. The van der Waals surface area contributed by atoms with Gasteiger partial charge in [0.1, 0.15) is 29.6 Å². The molecule has 1 fully saturated rings. The number of urea groups is 1. The molecule has 1 saturated heterocycles. The summed E-state index contributed by atoms with van der Waals surface area (Å²) in [7, 11) is 1.61. The smallest absolute Gasteiger partial charge is 0.321 e. The number of pyridine rings is 1. The number of anilines is 2. The number of hydrogen-bond donors (Lipinski definition) is 3. The molecular formula is C25H28N4O5. The number of amides is 2. The maximum absolute atomic E-state index is 13.2. The number of aliphatic hydroxyl groups excluding tert-OH is 1. The lowest BCUT2D eigenvalue weighted by atomic mass is 9.83. The van der Waals surface area contributed by atoms with Crippen LogP contribution in [0.5, 0.6) is 5.75 Å². The Morgan fingerprint density at radius 3 is 2.62 bits per heavy atom. The third-order valence-electron chi connectivity index (χ3n) is 6.56. The van der Waals surface area contributed by atoms with Gasteiger partial charge in [-0.1, -0.05) is 0 Å². The first-order valence-electron chi connectivity index (χ1n) is 11.4. The maximum atomic E-state index is 13.2. The van der Waals surface area contributed by atoms with Crippen LogP contribution in [0.4, 0.5) is 16.2 Å². The van der Waals surface area contributed by atoms with Gasteiger partial charge in [-0.25, -0.2) is 4.79 Å². The van der Waals surface area contributed by atoms with E-state index in [0.717, 1.165) is 23.6 Å². The van der Waals surface area contributed by atoms with Crippen molar-refractivity contribution in [3.05, 3.63) is 76.1 Å². The summed E-state index contributed by atoms with van der Waals surface area (Å²) in [6.07, 6.45) is 0.967. The number of fused-ring (bicyclic) bond motifs is 4. The van der Waals surface area contributed by atoms with Crippen molar-refractivity contribution in [2.75, 3.05) is 30.8 Å². The standard InChI is InChI=1S/C25H28N4O5/c1-33-19-4-2-18(3-5-19)27-25(32)28-12-16-10-17(14-28)23-9-8-22(24(31)29(23)13-16)26-11-20-6-7-21(15-30)34-20/h2-9,16-17,26,30H,10-15H2,1H3,(H,27,32)/t16-,17+/m0/s1. The van der Waals surface area contributed by atoms with Gasteiger partial charge in [0.25, 0.3) is 5.56 Å². The highest BCUT2D eigenvalue weighted by atomic mass is 16.5. The fourth-order valence-corrected chi connectivity index (χ4v) is 4.91. The van der Waals surface area contributed by atoms with E-state index >= 15 is 0 Å². The molecule has 0 unspecified atom stereocenters. The average molecular weight is 465 g/mol. The van der Waals surface area contributed by atoms with E-state index in [-0.39, 0.29) is 30.0 Å². The number of likely N-dealkylation sites (tertiary alicyclic amines) is 1. The molecule has 0 saturated carbocycles. The zero-order valence-electron chi connectivity index (χ0n) is 19.0. The highest BCUT2D eigenvalue weighted by molar-refractivity contribution is 5.89. The summed E-state index contributed by atoms with van der Waals surface area (Å²) in [6.45, 7) is 1.97. The molecule has 2 aliphatic heterocycles. The number of nitrogens with one attached hydrogen (secondary N) is 2. The van der Waals surface area contributed by atoms with Gasteiger partial charge in [-0.15, -0.1) is 0 Å². The lowest BCUT2D eigenvalue weighted by Crippen LogP contribution is -2.50. The number of benzene rings is 1.